The molecule has 2 rings (SSSR count). The van der Waals surface area contributed by atoms with Crippen LogP contribution in [0.4, 0.5) is 0 Å². The first-order valence-corrected chi connectivity index (χ1v) is 7.58. The smallest absolute Gasteiger partial charge is 0.0297 e. The van der Waals surface area contributed by atoms with Gasteiger partial charge in [-0.25, -0.2) is 0 Å². The largest absolute Gasteiger partial charge is 0.304 e. The van der Waals surface area contributed by atoms with Crippen molar-refractivity contribution in [3.8, 4) is 0 Å². The van der Waals surface area contributed by atoms with Gasteiger partial charge in [0.25, 0.3) is 0 Å². The first-order chi connectivity index (χ1) is 9.11. The molecule has 0 amide bonds. The van der Waals surface area contributed by atoms with Gasteiger partial charge >= 0.3 is 0 Å². The third kappa shape index (κ3) is 4.64. The van der Waals surface area contributed by atoms with Gasteiger partial charge in [0.2, 0.25) is 0 Å². The molecular formula is C18H28ClN. The average Bonchev–Trinajstić information content (AvgIpc) is 2.39. The molecule has 1 aliphatic carbocycles. The maximum absolute atomic E-state index is 4.13. The van der Waals surface area contributed by atoms with Crippen molar-refractivity contribution in [1.82, 2.24) is 5.32 Å². The first-order valence-electron chi connectivity index (χ1n) is 7.58. The number of benzene rings is 1. The highest BCUT2D eigenvalue weighted by molar-refractivity contribution is 5.85. The highest BCUT2D eigenvalue weighted by atomic mass is 35.5. The zero-order chi connectivity index (χ0) is 13.7. The van der Waals surface area contributed by atoms with Crippen LogP contribution in [-0.2, 0) is 0 Å². The van der Waals surface area contributed by atoms with Crippen LogP contribution >= 0.6 is 12.4 Å². The Bertz CT molecular complexity index is 407. The number of hydrogen-bond donors (Lipinski definition) is 1. The summed E-state index contributed by atoms with van der Waals surface area (Å²) in [6.45, 7) is 8.57. The summed E-state index contributed by atoms with van der Waals surface area (Å²) in [5.74, 6) is 0. The highest BCUT2D eigenvalue weighted by Gasteiger charge is 2.32. The first kappa shape index (κ1) is 17.3. The Morgan fingerprint density at radius 3 is 2.35 bits per heavy atom. The molecule has 1 N–H and O–H groups in total. The molecule has 0 saturated heterocycles. The van der Waals surface area contributed by atoms with Crippen LogP contribution in [0.2, 0.25) is 0 Å². The minimum atomic E-state index is 0. The monoisotopic (exact) mass is 293 g/mol. The number of rotatable bonds is 5. The Kier molecular flexibility index (Phi) is 6.78. The van der Waals surface area contributed by atoms with E-state index in [1.165, 1.54) is 43.2 Å². The zero-order valence-corrected chi connectivity index (χ0v) is 13.6. The SMILES string of the molecule is C=C(C)CC1(NC(C)c2ccccc2)CCCCC1.Cl. The number of halogens is 1. The summed E-state index contributed by atoms with van der Waals surface area (Å²) in [6.07, 6.45) is 7.78. The van der Waals surface area contributed by atoms with Crippen LogP contribution in [0.15, 0.2) is 42.5 Å². The number of nitrogens with one attached hydrogen (secondary N) is 1. The van der Waals surface area contributed by atoms with Crippen molar-refractivity contribution in [1.29, 1.82) is 0 Å². The van der Waals surface area contributed by atoms with Gasteiger partial charge in [0.1, 0.15) is 0 Å². The molecule has 0 spiro atoms. The molecule has 1 unspecified atom stereocenters. The Balaban J connectivity index is 0.00000200. The van der Waals surface area contributed by atoms with Crippen molar-refractivity contribution in [3.05, 3.63) is 48.0 Å². The molecule has 1 nitrogen and oxygen atoms in total. The second kappa shape index (κ2) is 7.85. The molecule has 0 radical (unpaired) electrons. The molecule has 2 heteroatoms. The fraction of sp³-hybridized carbons (Fsp3) is 0.556. The van der Waals surface area contributed by atoms with Gasteiger partial charge in [-0.05, 0) is 38.7 Å². The third-order valence-electron chi connectivity index (χ3n) is 4.27. The number of hydrogen-bond acceptors (Lipinski definition) is 1. The summed E-state index contributed by atoms with van der Waals surface area (Å²) in [5.41, 5.74) is 2.96. The lowest BCUT2D eigenvalue weighted by atomic mass is 9.77. The van der Waals surface area contributed by atoms with Crippen LogP contribution in [0.5, 0.6) is 0 Å². The third-order valence-corrected chi connectivity index (χ3v) is 4.27. The van der Waals surface area contributed by atoms with Crippen LogP contribution in [0.25, 0.3) is 0 Å². The maximum atomic E-state index is 4.13. The van der Waals surface area contributed by atoms with Gasteiger partial charge in [-0.3, -0.25) is 0 Å². The zero-order valence-electron chi connectivity index (χ0n) is 12.8. The molecule has 0 bridgehead atoms. The predicted octanol–water partition coefficient (Wildman–Crippen LogP) is 5.43. The van der Waals surface area contributed by atoms with Crippen molar-refractivity contribution in [2.24, 2.45) is 0 Å². The molecule has 20 heavy (non-hydrogen) atoms. The van der Waals surface area contributed by atoms with E-state index in [0.29, 0.717) is 6.04 Å². The summed E-state index contributed by atoms with van der Waals surface area (Å²) in [6, 6.07) is 11.2. The lowest BCUT2D eigenvalue weighted by Crippen LogP contribution is -2.48. The van der Waals surface area contributed by atoms with E-state index in [9.17, 15) is 0 Å². The molecule has 1 saturated carbocycles. The fourth-order valence-electron chi connectivity index (χ4n) is 3.46. The maximum Gasteiger partial charge on any atom is 0.0297 e. The molecule has 1 aromatic carbocycles. The summed E-state index contributed by atoms with van der Waals surface area (Å²) in [4.78, 5) is 0. The predicted molar refractivity (Wildman–Crippen MR) is 90.5 cm³/mol. The minimum Gasteiger partial charge on any atom is -0.304 e. The Hall–Kier alpha value is -0.790. The Labute approximate surface area is 130 Å². The van der Waals surface area contributed by atoms with E-state index in [1.54, 1.807) is 0 Å². The minimum absolute atomic E-state index is 0. The van der Waals surface area contributed by atoms with Gasteiger partial charge in [-0.1, -0.05) is 55.2 Å². The second-order valence-corrected chi connectivity index (χ2v) is 6.25. The van der Waals surface area contributed by atoms with Crippen LogP contribution < -0.4 is 5.32 Å². The van der Waals surface area contributed by atoms with Crippen molar-refractivity contribution in [3.63, 3.8) is 0 Å². The Morgan fingerprint density at radius 2 is 1.80 bits per heavy atom. The molecule has 0 aliphatic heterocycles. The van der Waals surface area contributed by atoms with Gasteiger partial charge in [0.15, 0.2) is 0 Å². The molecule has 1 atom stereocenters. The standard InChI is InChI=1S/C18H27N.ClH/c1-15(2)14-18(12-8-5-9-13-18)19-16(3)17-10-6-4-7-11-17;/h4,6-7,10-11,16,19H,1,5,8-9,12-14H2,2-3H3;1H. The summed E-state index contributed by atoms with van der Waals surface area (Å²) in [7, 11) is 0. The lowest BCUT2D eigenvalue weighted by Gasteiger charge is -2.41. The second-order valence-electron chi connectivity index (χ2n) is 6.25. The van der Waals surface area contributed by atoms with Crippen molar-refractivity contribution >= 4 is 12.4 Å². The van der Waals surface area contributed by atoms with Crippen molar-refractivity contribution in [2.45, 2.75) is 64.0 Å². The van der Waals surface area contributed by atoms with Gasteiger partial charge in [0, 0.05) is 11.6 Å². The van der Waals surface area contributed by atoms with Crippen LogP contribution in [0.3, 0.4) is 0 Å². The van der Waals surface area contributed by atoms with Crippen molar-refractivity contribution in [2.75, 3.05) is 0 Å². The molecule has 1 aliphatic rings. The molecule has 1 fully saturated rings. The fourth-order valence-corrected chi connectivity index (χ4v) is 3.46. The van der Waals surface area contributed by atoms with E-state index in [0.717, 1.165) is 6.42 Å². The van der Waals surface area contributed by atoms with E-state index in [1.807, 2.05) is 0 Å². The van der Waals surface area contributed by atoms with Gasteiger partial charge in [-0.15, -0.1) is 19.0 Å². The molecule has 112 valence electrons. The summed E-state index contributed by atoms with van der Waals surface area (Å²) < 4.78 is 0. The molecule has 0 heterocycles. The highest BCUT2D eigenvalue weighted by Crippen LogP contribution is 2.35. The van der Waals surface area contributed by atoms with E-state index in [-0.39, 0.29) is 17.9 Å². The van der Waals surface area contributed by atoms with Gasteiger partial charge < -0.3 is 5.32 Å². The Morgan fingerprint density at radius 1 is 1.20 bits per heavy atom. The lowest BCUT2D eigenvalue weighted by molar-refractivity contribution is 0.209. The molecule has 1 aromatic rings. The normalized spacial score (nSPS) is 18.9. The summed E-state index contributed by atoms with van der Waals surface area (Å²) in [5, 5.41) is 3.92. The van der Waals surface area contributed by atoms with Crippen molar-refractivity contribution < 1.29 is 0 Å². The van der Waals surface area contributed by atoms with Gasteiger partial charge in [0.05, 0.1) is 0 Å². The van der Waals surface area contributed by atoms with Crippen LogP contribution in [0.1, 0.15) is 64.0 Å². The summed E-state index contributed by atoms with van der Waals surface area (Å²) >= 11 is 0. The van der Waals surface area contributed by atoms with E-state index in [4.69, 9.17) is 0 Å². The quantitative estimate of drug-likeness (QED) is 0.714. The topological polar surface area (TPSA) is 12.0 Å². The molecular weight excluding hydrogens is 266 g/mol. The molecule has 0 aromatic heterocycles. The van der Waals surface area contributed by atoms with Crippen LogP contribution in [-0.4, -0.2) is 5.54 Å². The van der Waals surface area contributed by atoms with Gasteiger partial charge in [-0.2, -0.15) is 0 Å². The van der Waals surface area contributed by atoms with Crippen LogP contribution in [0, 0.1) is 0 Å². The average molecular weight is 294 g/mol. The van der Waals surface area contributed by atoms with E-state index in [2.05, 4.69) is 56.1 Å². The van der Waals surface area contributed by atoms with E-state index >= 15 is 0 Å². The van der Waals surface area contributed by atoms with E-state index < -0.39 is 0 Å².